The molecular weight excluding hydrogens is 203 g/mol. The van der Waals surface area contributed by atoms with E-state index in [0.29, 0.717) is 24.7 Å². The number of likely N-dealkylation sites (N-methyl/N-ethyl adjacent to an activating group) is 1. The number of alkyl halides is 1. The van der Waals surface area contributed by atoms with Gasteiger partial charge in [0.05, 0.1) is 0 Å². The highest BCUT2D eigenvalue weighted by atomic mass is 19.1. The van der Waals surface area contributed by atoms with Crippen LogP contribution in [0, 0.1) is 0 Å². The van der Waals surface area contributed by atoms with Gasteiger partial charge < -0.3 is 0 Å². The lowest BCUT2D eigenvalue weighted by Gasteiger charge is -2.44. The third-order valence-electron chi connectivity index (χ3n) is 4.68. The maximum absolute atomic E-state index is 12.6. The van der Waals surface area contributed by atoms with Crippen LogP contribution in [-0.2, 0) is 0 Å². The fraction of sp³-hybridized carbons (Fsp3) is 1.00. The summed E-state index contributed by atoms with van der Waals surface area (Å²) in [5, 5.41) is 0. The Morgan fingerprint density at radius 2 is 1.75 bits per heavy atom. The van der Waals surface area contributed by atoms with Crippen LogP contribution < -0.4 is 0 Å². The van der Waals surface area contributed by atoms with Gasteiger partial charge in [0.25, 0.3) is 0 Å². The summed E-state index contributed by atoms with van der Waals surface area (Å²) in [6.07, 6.45) is 1.12. The number of rotatable bonds is 2. The van der Waals surface area contributed by atoms with Crippen LogP contribution in [0.4, 0.5) is 4.39 Å². The normalized spacial score (nSPS) is 37.3. The van der Waals surface area contributed by atoms with Crippen LogP contribution in [0.3, 0.4) is 0 Å². The molecule has 3 unspecified atom stereocenters. The molecule has 0 aromatic carbocycles. The molecule has 3 atom stereocenters. The van der Waals surface area contributed by atoms with E-state index in [1.165, 1.54) is 0 Å². The highest BCUT2D eigenvalue weighted by Gasteiger charge is 2.41. The van der Waals surface area contributed by atoms with E-state index >= 15 is 0 Å². The molecular formula is C13H27FN2. The molecule has 0 aliphatic carbocycles. The van der Waals surface area contributed by atoms with Gasteiger partial charge in [-0.15, -0.1) is 0 Å². The van der Waals surface area contributed by atoms with Crippen molar-refractivity contribution in [2.45, 2.75) is 64.7 Å². The van der Waals surface area contributed by atoms with Crippen molar-refractivity contribution in [3.05, 3.63) is 0 Å². The molecule has 0 spiro atoms. The molecule has 96 valence electrons. The fourth-order valence-corrected chi connectivity index (χ4v) is 2.95. The van der Waals surface area contributed by atoms with Gasteiger partial charge in [0.1, 0.15) is 6.67 Å². The SMILES string of the molecule is CC1CC(C)N(C)C(C)(C)C(C)N1CCF. The van der Waals surface area contributed by atoms with Gasteiger partial charge in [-0.2, -0.15) is 0 Å². The molecule has 1 saturated heterocycles. The monoisotopic (exact) mass is 230 g/mol. The molecule has 1 aliphatic heterocycles. The second-order valence-corrected chi connectivity index (χ2v) is 5.80. The average Bonchev–Trinajstić information content (AvgIpc) is 2.26. The zero-order valence-corrected chi connectivity index (χ0v) is 11.6. The Labute approximate surface area is 99.8 Å². The Morgan fingerprint density at radius 3 is 2.25 bits per heavy atom. The maximum Gasteiger partial charge on any atom is 0.102 e. The molecule has 1 aliphatic rings. The zero-order chi connectivity index (χ0) is 12.5. The van der Waals surface area contributed by atoms with Crippen molar-refractivity contribution in [2.75, 3.05) is 20.3 Å². The lowest BCUT2D eigenvalue weighted by molar-refractivity contribution is 0.0445. The minimum Gasteiger partial charge on any atom is -0.297 e. The first-order chi connectivity index (χ1) is 7.32. The average molecular weight is 230 g/mol. The quantitative estimate of drug-likeness (QED) is 0.719. The first-order valence-corrected chi connectivity index (χ1v) is 6.37. The number of hydrogen-bond donors (Lipinski definition) is 0. The van der Waals surface area contributed by atoms with Crippen molar-refractivity contribution >= 4 is 0 Å². The number of hydrogen-bond acceptors (Lipinski definition) is 2. The van der Waals surface area contributed by atoms with Crippen LogP contribution >= 0.6 is 0 Å². The van der Waals surface area contributed by atoms with Crippen molar-refractivity contribution < 1.29 is 4.39 Å². The van der Waals surface area contributed by atoms with E-state index < -0.39 is 0 Å². The smallest absolute Gasteiger partial charge is 0.102 e. The topological polar surface area (TPSA) is 6.48 Å². The van der Waals surface area contributed by atoms with Crippen LogP contribution in [0.5, 0.6) is 0 Å². The third-order valence-corrected chi connectivity index (χ3v) is 4.68. The van der Waals surface area contributed by atoms with Crippen molar-refractivity contribution in [3.63, 3.8) is 0 Å². The van der Waals surface area contributed by atoms with Gasteiger partial charge in [-0.3, -0.25) is 9.80 Å². The Balaban J connectivity index is 2.96. The van der Waals surface area contributed by atoms with E-state index in [2.05, 4.69) is 51.5 Å². The van der Waals surface area contributed by atoms with E-state index in [0.717, 1.165) is 6.42 Å². The Hall–Kier alpha value is -0.150. The second-order valence-electron chi connectivity index (χ2n) is 5.80. The first kappa shape index (κ1) is 13.9. The molecule has 0 aromatic rings. The van der Waals surface area contributed by atoms with Crippen molar-refractivity contribution in [3.8, 4) is 0 Å². The molecule has 0 saturated carbocycles. The van der Waals surface area contributed by atoms with Crippen LogP contribution in [0.15, 0.2) is 0 Å². The van der Waals surface area contributed by atoms with Gasteiger partial charge in [-0.05, 0) is 48.1 Å². The van der Waals surface area contributed by atoms with Crippen LogP contribution in [0.2, 0.25) is 0 Å². The van der Waals surface area contributed by atoms with E-state index in [4.69, 9.17) is 0 Å². The van der Waals surface area contributed by atoms with Gasteiger partial charge >= 0.3 is 0 Å². The predicted octanol–water partition coefficient (Wildman–Crippen LogP) is 2.54. The number of nitrogens with zero attached hydrogens (tertiary/aromatic N) is 2. The Bertz CT molecular complexity index is 230. The van der Waals surface area contributed by atoms with E-state index in [1.807, 2.05) is 0 Å². The molecule has 1 rings (SSSR count). The molecule has 0 amide bonds. The Morgan fingerprint density at radius 1 is 1.19 bits per heavy atom. The summed E-state index contributed by atoms with van der Waals surface area (Å²) in [7, 11) is 2.19. The van der Waals surface area contributed by atoms with Gasteiger partial charge in [0.2, 0.25) is 0 Å². The summed E-state index contributed by atoms with van der Waals surface area (Å²) >= 11 is 0. The summed E-state index contributed by atoms with van der Waals surface area (Å²) < 4.78 is 12.6. The van der Waals surface area contributed by atoms with Crippen molar-refractivity contribution in [2.24, 2.45) is 0 Å². The standard InChI is InChI=1S/C13H27FN2/c1-10-9-11(2)16(8-7-14)12(3)13(4,5)15(10)6/h10-12H,7-9H2,1-6H3. The molecule has 0 aromatic heterocycles. The second kappa shape index (κ2) is 5.01. The van der Waals surface area contributed by atoms with Crippen LogP contribution in [0.25, 0.3) is 0 Å². The predicted molar refractivity (Wildman–Crippen MR) is 67.5 cm³/mol. The summed E-state index contributed by atoms with van der Waals surface area (Å²) in [5.74, 6) is 0. The first-order valence-electron chi connectivity index (χ1n) is 6.37. The molecule has 2 nitrogen and oxygen atoms in total. The highest BCUT2D eigenvalue weighted by Crippen LogP contribution is 2.31. The highest BCUT2D eigenvalue weighted by molar-refractivity contribution is 4.98. The zero-order valence-electron chi connectivity index (χ0n) is 11.6. The maximum atomic E-state index is 12.6. The van der Waals surface area contributed by atoms with E-state index in [1.54, 1.807) is 0 Å². The molecule has 3 heteroatoms. The lowest BCUT2D eigenvalue weighted by Crippen LogP contribution is -2.56. The molecule has 0 radical (unpaired) electrons. The van der Waals surface area contributed by atoms with E-state index in [9.17, 15) is 4.39 Å². The molecule has 16 heavy (non-hydrogen) atoms. The molecule has 1 fully saturated rings. The Kier molecular flexibility index (Phi) is 4.35. The summed E-state index contributed by atoms with van der Waals surface area (Å²) in [4.78, 5) is 4.76. The minimum absolute atomic E-state index is 0.0966. The van der Waals surface area contributed by atoms with Crippen LogP contribution in [0.1, 0.15) is 41.0 Å². The van der Waals surface area contributed by atoms with Gasteiger partial charge in [0, 0.05) is 30.2 Å². The fourth-order valence-electron chi connectivity index (χ4n) is 2.95. The van der Waals surface area contributed by atoms with Gasteiger partial charge in [-0.1, -0.05) is 0 Å². The van der Waals surface area contributed by atoms with Gasteiger partial charge in [0.15, 0.2) is 0 Å². The summed E-state index contributed by atoms with van der Waals surface area (Å²) in [6, 6.07) is 1.40. The lowest BCUT2D eigenvalue weighted by atomic mass is 9.92. The molecule has 0 N–H and O–H groups in total. The summed E-state index contributed by atoms with van der Waals surface area (Å²) in [5.41, 5.74) is 0.0966. The van der Waals surface area contributed by atoms with Gasteiger partial charge in [-0.25, -0.2) is 4.39 Å². The third kappa shape index (κ3) is 2.40. The molecule has 1 heterocycles. The van der Waals surface area contributed by atoms with Crippen LogP contribution in [-0.4, -0.2) is 53.7 Å². The van der Waals surface area contributed by atoms with E-state index in [-0.39, 0.29) is 12.2 Å². The van der Waals surface area contributed by atoms with Crippen molar-refractivity contribution in [1.29, 1.82) is 0 Å². The minimum atomic E-state index is -0.247. The largest absolute Gasteiger partial charge is 0.297 e. The van der Waals surface area contributed by atoms with Crippen molar-refractivity contribution in [1.82, 2.24) is 9.80 Å². The number of halogens is 1. The summed E-state index contributed by atoms with van der Waals surface area (Å²) in [6.45, 7) is 11.5. The molecule has 0 bridgehead atoms.